The number of piperazine rings is 1. The molecule has 22 nitrogen and oxygen atoms in total. The Labute approximate surface area is 464 Å². The van der Waals surface area contributed by atoms with Crippen molar-refractivity contribution in [1.29, 1.82) is 0 Å². The highest BCUT2D eigenvalue weighted by Crippen LogP contribution is 2.46. The van der Waals surface area contributed by atoms with E-state index in [1.54, 1.807) is 64.4 Å². The molecule has 3 aliphatic rings. The molecule has 23 heteroatoms. The topological polar surface area (TPSA) is 290 Å². The summed E-state index contributed by atoms with van der Waals surface area (Å²) in [6.45, 7) is 7.35. The van der Waals surface area contributed by atoms with E-state index in [1.165, 1.54) is 12.2 Å². The Morgan fingerprint density at radius 1 is 0.797 bits per heavy atom. The zero-order valence-corrected chi connectivity index (χ0v) is 45.8. The molecule has 10 amide bonds. The quantitative estimate of drug-likeness (QED) is 0.0264. The van der Waals surface area contributed by atoms with Gasteiger partial charge in [-0.2, -0.15) is 0 Å². The molecule has 0 bridgehead atoms. The van der Waals surface area contributed by atoms with Crippen LogP contribution in [-0.4, -0.2) is 157 Å². The van der Waals surface area contributed by atoms with Crippen molar-refractivity contribution in [3.05, 3.63) is 108 Å². The number of aromatic nitrogens is 1. The number of hydrogen-bond donors (Lipinski definition) is 8. The molecular formula is C56H65BrN12O10. The first kappa shape index (κ1) is 57.0. The molecule has 1 saturated heterocycles. The predicted octanol–water partition coefficient (Wildman–Crippen LogP) is 4.77. The average molecular weight is 1150 g/mol. The molecule has 4 heterocycles. The van der Waals surface area contributed by atoms with E-state index >= 15 is 0 Å². The number of alkyl halides is 1. The highest BCUT2D eigenvalue weighted by Gasteiger charge is 2.36. The van der Waals surface area contributed by atoms with Gasteiger partial charge in [0.25, 0.3) is 23.6 Å². The summed E-state index contributed by atoms with van der Waals surface area (Å²) in [5.41, 5.74) is 9.01. The summed E-state index contributed by atoms with van der Waals surface area (Å²) in [6, 6.07) is 20.2. The van der Waals surface area contributed by atoms with Crippen LogP contribution in [0.15, 0.2) is 91.0 Å². The number of nitrogens with zero attached hydrogens (tertiary/aromatic N) is 4. The summed E-state index contributed by atoms with van der Waals surface area (Å²) in [6.07, 6.45) is 2.78. The van der Waals surface area contributed by atoms with Crippen molar-refractivity contribution in [2.24, 2.45) is 11.7 Å². The molecule has 3 aliphatic heterocycles. The van der Waals surface area contributed by atoms with Gasteiger partial charge in [0, 0.05) is 128 Å². The second-order valence-corrected chi connectivity index (χ2v) is 20.7. The molecule has 1 fully saturated rings. The van der Waals surface area contributed by atoms with E-state index < -0.39 is 53.7 Å². The Morgan fingerprint density at radius 2 is 1.51 bits per heavy atom. The Bertz CT molecular complexity index is 3160. The highest BCUT2D eigenvalue weighted by atomic mass is 79.9. The van der Waals surface area contributed by atoms with Crippen molar-refractivity contribution >= 4 is 108 Å². The van der Waals surface area contributed by atoms with Crippen LogP contribution in [0.2, 0.25) is 0 Å². The van der Waals surface area contributed by atoms with Gasteiger partial charge in [-0.25, -0.2) is 9.59 Å². The van der Waals surface area contributed by atoms with Crippen LogP contribution in [0.5, 0.6) is 5.75 Å². The minimum atomic E-state index is -1.04. The van der Waals surface area contributed by atoms with Crippen molar-refractivity contribution in [3.8, 4) is 5.75 Å². The fraction of sp³-hybridized carbons (Fsp3) is 0.375. The fourth-order valence-electron chi connectivity index (χ4n) is 9.82. The van der Waals surface area contributed by atoms with E-state index in [0.717, 1.165) is 34.3 Å². The minimum Gasteiger partial charge on any atom is -0.409 e. The molecule has 1 aromatic heterocycles. The van der Waals surface area contributed by atoms with Crippen molar-refractivity contribution in [2.75, 3.05) is 86.8 Å². The maximum absolute atomic E-state index is 14.5. The Hall–Kier alpha value is -8.15. The third kappa shape index (κ3) is 14.1. The molecule has 0 saturated carbocycles. The summed E-state index contributed by atoms with van der Waals surface area (Å²) in [5, 5.41) is 19.9. The Morgan fingerprint density at radius 3 is 2.20 bits per heavy atom. The van der Waals surface area contributed by atoms with E-state index in [1.807, 2.05) is 45.2 Å². The third-order valence-corrected chi connectivity index (χ3v) is 14.9. The molecule has 0 spiro atoms. The maximum Gasteiger partial charge on any atom is 0.415 e. The van der Waals surface area contributed by atoms with Gasteiger partial charge in [-0.1, -0.05) is 54.0 Å². The minimum absolute atomic E-state index is 0.0316. The van der Waals surface area contributed by atoms with Gasteiger partial charge in [0.1, 0.15) is 17.5 Å². The summed E-state index contributed by atoms with van der Waals surface area (Å²) >= 11 is 3.68. The van der Waals surface area contributed by atoms with Gasteiger partial charge in [-0.15, -0.1) is 0 Å². The molecule has 9 N–H and O–H groups in total. The number of anilines is 3. The van der Waals surface area contributed by atoms with Crippen LogP contribution in [-0.2, 0) is 24.0 Å². The Kier molecular flexibility index (Phi) is 18.8. The average Bonchev–Trinajstić information content (AvgIpc) is 4.36. The number of carbonyl (C=O) groups is 9. The predicted molar refractivity (Wildman–Crippen MR) is 302 cm³/mol. The van der Waals surface area contributed by atoms with Crippen LogP contribution < -0.4 is 47.3 Å². The standard InChI is InChI=1S/C56H65BrN12O10/c1-33(2)50(60-22-21-59-46(70)11-7-23-68-47(71)18-19-48(68)72)53(75)65-42(10-6-20-61-55(58)77)52(74)62-37-14-12-34(13-15-37)51(73)63-38-16-17-41-35(28-38)29-43(64-41)54(76)69-32-36(31-57)49-40-9-5-4-8-39(40)45(30-44(49)69)79-56(78)67-26-24-66(3)25-27-67/h4-5,8-9,12-19,28-30,33,36,42,50,60,64H,6-7,10-11,20-27,31-32H2,1-3H3,(H,59,70)(H,62,74)(H,63,73)(H,65,75)(H3,58,61,77)/t36-,42+,50+/m1/s1. The van der Waals surface area contributed by atoms with Gasteiger partial charge in [0.05, 0.1) is 11.7 Å². The number of fused-ring (bicyclic) bond motifs is 4. The first-order valence-corrected chi connectivity index (χ1v) is 27.4. The monoisotopic (exact) mass is 1140 g/mol. The number of aromatic amines is 1. The summed E-state index contributed by atoms with van der Waals surface area (Å²) in [7, 11) is 2.02. The van der Waals surface area contributed by atoms with Crippen LogP contribution in [0.4, 0.5) is 26.7 Å². The molecule has 8 rings (SSSR count). The number of H-pyrrole nitrogens is 1. The molecule has 5 aromatic rings. The molecule has 0 unspecified atom stereocenters. The number of carbonyl (C=O) groups excluding carboxylic acids is 9. The SMILES string of the molecule is CC(C)[C@H](NCCNC(=O)CCCN1C(=O)C=CC1=O)C(=O)N[C@@H](CCCNC(N)=O)C(=O)Nc1ccc(C(=O)Nc2ccc3[nH]c(C(=O)N4C[C@@H](CBr)c5c4cc(OC(=O)N4CCN(C)CC4)c4ccccc54)cc3c2)cc1. The highest BCUT2D eigenvalue weighted by molar-refractivity contribution is 9.09. The van der Waals surface area contributed by atoms with Gasteiger partial charge in [0.2, 0.25) is 17.7 Å². The van der Waals surface area contributed by atoms with E-state index in [9.17, 15) is 43.2 Å². The molecule has 79 heavy (non-hydrogen) atoms. The van der Waals surface area contributed by atoms with Crippen molar-refractivity contribution in [3.63, 3.8) is 0 Å². The van der Waals surface area contributed by atoms with Crippen LogP contribution in [0, 0.1) is 5.92 Å². The number of imide groups is 1. The summed E-state index contributed by atoms with van der Waals surface area (Å²) < 4.78 is 6.08. The number of amides is 10. The number of likely N-dealkylation sites (N-methyl/N-ethyl adjacent to an activating group) is 1. The van der Waals surface area contributed by atoms with Crippen LogP contribution >= 0.6 is 15.9 Å². The van der Waals surface area contributed by atoms with Gasteiger partial charge < -0.3 is 62.1 Å². The molecule has 3 atom stereocenters. The fourth-order valence-corrected chi connectivity index (χ4v) is 10.3. The Balaban J connectivity index is 0.871. The first-order valence-electron chi connectivity index (χ1n) is 26.3. The lowest BCUT2D eigenvalue weighted by Gasteiger charge is -2.31. The number of benzene rings is 4. The smallest absolute Gasteiger partial charge is 0.409 e. The van der Waals surface area contributed by atoms with Gasteiger partial charge in [0.15, 0.2) is 0 Å². The number of nitrogens with two attached hydrogens (primary N) is 1. The van der Waals surface area contributed by atoms with E-state index in [2.05, 4.69) is 57.7 Å². The lowest BCUT2D eigenvalue weighted by Crippen LogP contribution is -2.54. The number of rotatable bonds is 22. The lowest BCUT2D eigenvalue weighted by atomic mass is 9.95. The number of urea groups is 1. The summed E-state index contributed by atoms with van der Waals surface area (Å²) in [4.78, 5) is 126. The van der Waals surface area contributed by atoms with Crippen molar-refractivity contribution in [2.45, 2.75) is 57.5 Å². The molecule has 4 aromatic carbocycles. The number of ether oxygens (including phenoxy) is 1. The molecule has 416 valence electrons. The molecular weight excluding hydrogens is 1080 g/mol. The van der Waals surface area contributed by atoms with E-state index in [4.69, 9.17) is 10.5 Å². The second-order valence-electron chi connectivity index (χ2n) is 20.1. The summed E-state index contributed by atoms with van der Waals surface area (Å²) in [5.74, 6) is -2.67. The lowest BCUT2D eigenvalue weighted by molar-refractivity contribution is -0.137. The number of halogens is 1. The van der Waals surface area contributed by atoms with Crippen molar-refractivity contribution in [1.82, 2.24) is 41.0 Å². The van der Waals surface area contributed by atoms with Gasteiger partial charge in [-0.3, -0.25) is 38.5 Å². The first-order chi connectivity index (χ1) is 38.0. The van der Waals surface area contributed by atoms with E-state index in [-0.39, 0.29) is 68.2 Å². The van der Waals surface area contributed by atoms with Gasteiger partial charge >= 0.3 is 12.1 Å². The number of nitrogens with one attached hydrogen (secondary N) is 7. The normalized spacial score (nSPS) is 16.0. The van der Waals surface area contributed by atoms with Crippen molar-refractivity contribution < 1.29 is 47.9 Å². The molecule has 0 aliphatic carbocycles. The van der Waals surface area contributed by atoms with Gasteiger partial charge in [-0.05, 0) is 91.7 Å². The third-order valence-electron chi connectivity index (χ3n) is 14.1. The largest absolute Gasteiger partial charge is 0.415 e. The van der Waals surface area contributed by atoms with E-state index in [0.29, 0.717) is 77.2 Å². The maximum atomic E-state index is 14.5. The molecule has 0 radical (unpaired) electrons. The zero-order valence-electron chi connectivity index (χ0n) is 44.2. The van der Waals surface area contributed by atoms with Crippen LogP contribution in [0.25, 0.3) is 21.7 Å². The van der Waals surface area contributed by atoms with Crippen LogP contribution in [0.1, 0.15) is 71.9 Å². The van der Waals surface area contributed by atoms with Crippen LogP contribution in [0.3, 0.4) is 0 Å². The number of primary amides is 1. The number of hydrogen-bond acceptors (Lipinski definition) is 12. The second kappa shape index (κ2) is 26.0. The zero-order chi connectivity index (χ0) is 56.3.